The molecule has 3 N–H and O–H groups in total. The zero-order chi connectivity index (χ0) is 9.61. The number of rotatable bonds is 6. The van der Waals surface area contributed by atoms with Crippen LogP contribution in [0.25, 0.3) is 0 Å². The molecule has 0 aliphatic rings. The smallest absolute Gasteiger partial charge is 0.116 e. The molecule has 0 spiro atoms. The predicted molar refractivity (Wildman–Crippen MR) is 52.2 cm³/mol. The topological polar surface area (TPSA) is 46.2 Å². The molecule has 0 bridgehead atoms. The van der Waals surface area contributed by atoms with Crippen molar-refractivity contribution in [1.82, 2.24) is 0 Å². The van der Waals surface area contributed by atoms with Gasteiger partial charge in [0.2, 0.25) is 0 Å². The van der Waals surface area contributed by atoms with Crippen molar-refractivity contribution in [2.24, 2.45) is 5.73 Å². The van der Waals surface area contributed by atoms with Gasteiger partial charge in [-0.05, 0) is 6.54 Å². The van der Waals surface area contributed by atoms with Crippen molar-refractivity contribution in [2.75, 3.05) is 39.6 Å². The zero-order valence-electron chi connectivity index (χ0n) is 7.96. The van der Waals surface area contributed by atoms with Crippen LogP contribution in [-0.2, 0) is 0 Å². The lowest BCUT2D eigenvalue weighted by Gasteiger charge is -2.31. The first-order valence-corrected chi connectivity index (χ1v) is 4.81. The SMILES string of the molecule is C[N+](C)(CCCN)C[C@@H](O)CCl. The molecular formula is C8H20ClN2O+. The van der Waals surface area contributed by atoms with Crippen LogP contribution in [-0.4, -0.2) is 55.3 Å². The molecule has 0 aromatic rings. The number of aliphatic hydroxyl groups excluding tert-OH is 1. The Morgan fingerprint density at radius 2 is 2.08 bits per heavy atom. The average Bonchev–Trinajstić information content (AvgIpc) is 2.00. The fraction of sp³-hybridized carbons (Fsp3) is 1.00. The molecule has 1 atom stereocenters. The van der Waals surface area contributed by atoms with Crippen molar-refractivity contribution < 1.29 is 9.59 Å². The Morgan fingerprint density at radius 1 is 1.50 bits per heavy atom. The van der Waals surface area contributed by atoms with E-state index in [4.69, 9.17) is 17.3 Å². The van der Waals surface area contributed by atoms with Crippen molar-refractivity contribution in [2.45, 2.75) is 12.5 Å². The Hall–Kier alpha value is 0.170. The van der Waals surface area contributed by atoms with E-state index in [1.807, 2.05) is 0 Å². The van der Waals surface area contributed by atoms with Crippen molar-refractivity contribution in [1.29, 1.82) is 0 Å². The predicted octanol–water partition coefficient (Wildman–Crippen LogP) is 0.0113. The number of nitrogens with two attached hydrogens (primary N) is 1. The maximum absolute atomic E-state index is 9.31. The normalized spacial score (nSPS) is 14.8. The number of likely N-dealkylation sites (N-methyl/N-ethyl adjacent to an activating group) is 1. The molecule has 0 aliphatic heterocycles. The van der Waals surface area contributed by atoms with Gasteiger partial charge < -0.3 is 15.3 Å². The summed E-state index contributed by atoms with van der Waals surface area (Å²) in [6.07, 6.45) is 0.585. The van der Waals surface area contributed by atoms with Crippen molar-refractivity contribution >= 4 is 11.6 Å². The number of quaternary nitrogens is 1. The standard InChI is InChI=1S/C8H20ClN2O/c1-11(2,5-3-4-10)7-8(12)6-9/h8,12H,3-7,10H2,1-2H3/q+1/t8-/m0/s1. The summed E-state index contributed by atoms with van der Waals surface area (Å²) in [6.45, 7) is 2.40. The van der Waals surface area contributed by atoms with Crippen LogP contribution in [0, 0.1) is 0 Å². The minimum absolute atomic E-state index is 0.310. The van der Waals surface area contributed by atoms with Crippen LogP contribution < -0.4 is 5.73 Å². The van der Waals surface area contributed by atoms with E-state index in [0.29, 0.717) is 19.0 Å². The van der Waals surface area contributed by atoms with Crippen molar-refractivity contribution in [3.63, 3.8) is 0 Å². The molecule has 74 valence electrons. The third-order valence-electron chi connectivity index (χ3n) is 1.85. The molecule has 3 nitrogen and oxygen atoms in total. The van der Waals surface area contributed by atoms with Crippen LogP contribution in [0.2, 0.25) is 0 Å². The Balaban J connectivity index is 3.69. The summed E-state index contributed by atoms with van der Waals surface area (Å²) in [6, 6.07) is 0. The van der Waals surface area contributed by atoms with Gasteiger partial charge in [-0.3, -0.25) is 0 Å². The van der Waals surface area contributed by atoms with Crippen LogP contribution in [0.3, 0.4) is 0 Å². The molecule has 0 saturated heterocycles. The summed E-state index contributed by atoms with van der Waals surface area (Å²) in [5.74, 6) is 0.310. The molecule has 0 heterocycles. The third-order valence-corrected chi connectivity index (χ3v) is 2.21. The van der Waals surface area contributed by atoms with E-state index in [1.165, 1.54) is 0 Å². The third kappa shape index (κ3) is 5.77. The highest BCUT2D eigenvalue weighted by Crippen LogP contribution is 2.02. The molecule has 0 amide bonds. The lowest BCUT2D eigenvalue weighted by atomic mass is 10.3. The van der Waals surface area contributed by atoms with E-state index >= 15 is 0 Å². The fourth-order valence-electron chi connectivity index (χ4n) is 1.23. The van der Waals surface area contributed by atoms with E-state index in [9.17, 15) is 5.11 Å². The van der Waals surface area contributed by atoms with Gasteiger partial charge in [-0.25, -0.2) is 0 Å². The van der Waals surface area contributed by atoms with Crippen LogP contribution >= 0.6 is 11.6 Å². The van der Waals surface area contributed by atoms with Crippen LogP contribution in [0.1, 0.15) is 6.42 Å². The molecule has 0 aromatic heterocycles. The van der Waals surface area contributed by atoms with Gasteiger partial charge in [0.1, 0.15) is 12.6 Å². The number of alkyl halides is 1. The molecular weight excluding hydrogens is 176 g/mol. The molecule has 0 saturated carbocycles. The van der Waals surface area contributed by atoms with E-state index in [0.717, 1.165) is 17.4 Å². The van der Waals surface area contributed by atoms with Gasteiger partial charge in [-0.2, -0.15) is 0 Å². The number of halogens is 1. The lowest BCUT2D eigenvalue weighted by molar-refractivity contribution is -0.893. The van der Waals surface area contributed by atoms with E-state index in [2.05, 4.69) is 14.1 Å². The van der Waals surface area contributed by atoms with Crippen molar-refractivity contribution in [3.05, 3.63) is 0 Å². The quantitative estimate of drug-likeness (QED) is 0.464. The van der Waals surface area contributed by atoms with E-state index in [1.54, 1.807) is 0 Å². The number of hydrogen-bond donors (Lipinski definition) is 2. The van der Waals surface area contributed by atoms with Gasteiger partial charge in [0, 0.05) is 6.42 Å². The molecule has 0 rings (SSSR count). The summed E-state index contributed by atoms with van der Waals surface area (Å²) in [5, 5.41) is 9.31. The van der Waals surface area contributed by atoms with Crippen LogP contribution in [0.15, 0.2) is 0 Å². The van der Waals surface area contributed by atoms with Gasteiger partial charge in [0.15, 0.2) is 0 Å². The second-order valence-electron chi connectivity index (χ2n) is 3.79. The van der Waals surface area contributed by atoms with Crippen molar-refractivity contribution in [3.8, 4) is 0 Å². The summed E-state index contributed by atoms with van der Waals surface area (Å²) in [7, 11) is 4.15. The molecule has 0 radical (unpaired) electrons. The Labute approximate surface area is 79.7 Å². The summed E-state index contributed by atoms with van der Waals surface area (Å²) >= 11 is 5.51. The monoisotopic (exact) mass is 195 g/mol. The Kier molecular flexibility index (Phi) is 5.84. The highest BCUT2D eigenvalue weighted by atomic mass is 35.5. The highest BCUT2D eigenvalue weighted by molar-refractivity contribution is 6.18. The molecule has 0 aliphatic carbocycles. The van der Waals surface area contributed by atoms with Gasteiger partial charge in [0.05, 0.1) is 26.5 Å². The number of hydrogen-bond acceptors (Lipinski definition) is 2. The van der Waals surface area contributed by atoms with Gasteiger partial charge in [-0.15, -0.1) is 11.6 Å². The summed E-state index contributed by atoms with van der Waals surface area (Å²) in [5.41, 5.74) is 5.40. The second kappa shape index (κ2) is 5.75. The van der Waals surface area contributed by atoms with Gasteiger partial charge in [0.25, 0.3) is 0 Å². The maximum Gasteiger partial charge on any atom is 0.116 e. The van der Waals surface area contributed by atoms with Crippen LogP contribution in [0.5, 0.6) is 0 Å². The minimum Gasteiger partial charge on any atom is -0.386 e. The van der Waals surface area contributed by atoms with Crippen LogP contribution in [0.4, 0.5) is 0 Å². The fourth-order valence-corrected chi connectivity index (χ4v) is 1.33. The Morgan fingerprint density at radius 3 is 2.50 bits per heavy atom. The molecule has 0 aromatic carbocycles. The summed E-state index contributed by atoms with van der Waals surface area (Å²) < 4.78 is 0.783. The Bertz CT molecular complexity index is 120. The van der Waals surface area contributed by atoms with E-state index in [-0.39, 0.29) is 0 Å². The molecule has 0 fully saturated rings. The first kappa shape index (κ1) is 12.2. The highest BCUT2D eigenvalue weighted by Gasteiger charge is 2.18. The number of aliphatic hydroxyl groups is 1. The van der Waals surface area contributed by atoms with Gasteiger partial charge in [-0.1, -0.05) is 0 Å². The maximum atomic E-state index is 9.31. The van der Waals surface area contributed by atoms with E-state index < -0.39 is 6.10 Å². The minimum atomic E-state index is -0.403. The largest absolute Gasteiger partial charge is 0.386 e. The van der Waals surface area contributed by atoms with Gasteiger partial charge >= 0.3 is 0 Å². The summed E-state index contributed by atoms with van der Waals surface area (Å²) in [4.78, 5) is 0. The lowest BCUT2D eigenvalue weighted by Crippen LogP contribution is -2.46. The first-order chi connectivity index (χ1) is 5.52. The zero-order valence-corrected chi connectivity index (χ0v) is 8.72. The second-order valence-corrected chi connectivity index (χ2v) is 4.10. The molecule has 4 heteroatoms. The molecule has 12 heavy (non-hydrogen) atoms. The number of nitrogens with zero attached hydrogens (tertiary/aromatic N) is 1. The average molecular weight is 196 g/mol. The first-order valence-electron chi connectivity index (χ1n) is 4.28. The molecule has 0 unspecified atom stereocenters.